The predicted molar refractivity (Wildman–Crippen MR) is 112 cm³/mol. The SMILES string of the molecule is CCCCC(=O)Nc1cc(NC(=O)CCCC)cc(C(=O)NC2CCCC2)c1. The highest BCUT2D eigenvalue weighted by molar-refractivity contribution is 6.00. The summed E-state index contributed by atoms with van der Waals surface area (Å²) >= 11 is 0. The van der Waals surface area contributed by atoms with Gasteiger partial charge in [0.25, 0.3) is 5.91 Å². The van der Waals surface area contributed by atoms with Crippen LogP contribution in [0.3, 0.4) is 0 Å². The van der Waals surface area contributed by atoms with E-state index in [0.29, 0.717) is 29.8 Å². The van der Waals surface area contributed by atoms with Crippen molar-refractivity contribution in [1.29, 1.82) is 0 Å². The van der Waals surface area contributed by atoms with Crippen LogP contribution in [0.5, 0.6) is 0 Å². The Kier molecular flexibility index (Phi) is 8.98. The molecule has 28 heavy (non-hydrogen) atoms. The second-order valence-corrected chi connectivity index (χ2v) is 7.56. The van der Waals surface area contributed by atoms with Gasteiger partial charge in [0, 0.05) is 35.8 Å². The van der Waals surface area contributed by atoms with Crippen LogP contribution in [0.4, 0.5) is 11.4 Å². The zero-order valence-electron chi connectivity index (χ0n) is 17.1. The largest absolute Gasteiger partial charge is 0.349 e. The number of amides is 3. The van der Waals surface area contributed by atoms with Gasteiger partial charge in [0.2, 0.25) is 11.8 Å². The van der Waals surface area contributed by atoms with E-state index >= 15 is 0 Å². The molecular weight excluding hydrogens is 354 g/mol. The van der Waals surface area contributed by atoms with Crippen molar-refractivity contribution in [3.8, 4) is 0 Å². The van der Waals surface area contributed by atoms with Crippen molar-refractivity contribution < 1.29 is 14.4 Å². The summed E-state index contributed by atoms with van der Waals surface area (Å²) < 4.78 is 0. The summed E-state index contributed by atoms with van der Waals surface area (Å²) in [6.45, 7) is 4.07. The molecule has 0 heterocycles. The first-order chi connectivity index (χ1) is 13.5. The number of anilines is 2. The van der Waals surface area contributed by atoms with Crippen molar-refractivity contribution in [2.24, 2.45) is 0 Å². The first-order valence-corrected chi connectivity index (χ1v) is 10.6. The molecular formula is C22H33N3O3. The molecule has 0 spiro atoms. The molecule has 3 amide bonds. The minimum Gasteiger partial charge on any atom is -0.349 e. The molecule has 0 saturated heterocycles. The molecule has 0 aromatic heterocycles. The standard InChI is InChI=1S/C22H33N3O3/c1-3-5-11-20(26)23-18-13-16(22(28)25-17-9-7-8-10-17)14-19(15-18)24-21(27)12-6-4-2/h13-15,17H,3-12H2,1-2H3,(H,23,26)(H,24,27)(H,25,28). The Balaban J connectivity index is 2.14. The monoisotopic (exact) mass is 387 g/mol. The third kappa shape index (κ3) is 7.33. The summed E-state index contributed by atoms with van der Waals surface area (Å²) in [5.74, 6) is -0.336. The van der Waals surface area contributed by atoms with Crippen molar-refractivity contribution in [1.82, 2.24) is 5.32 Å². The van der Waals surface area contributed by atoms with Crippen LogP contribution < -0.4 is 16.0 Å². The zero-order chi connectivity index (χ0) is 20.4. The molecule has 0 aliphatic heterocycles. The third-order valence-electron chi connectivity index (χ3n) is 4.97. The lowest BCUT2D eigenvalue weighted by atomic mass is 10.1. The van der Waals surface area contributed by atoms with Gasteiger partial charge >= 0.3 is 0 Å². The molecule has 1 aromatic carbocycles. The fourth-order valence-corrected chi connectivity index (χ4v) is 3.36. The Morgan fingerprint density at radius 1 is 0.857 bits per heavy atom. The van der Waals surface area contributed by atoms with E-state index in [2.05, 4.69) is 16.0 Å². The number of carbonyl (C=O) groups is 3. The summed E-state index contributed by atoms with van der Waals surface area (Å²) in [6.07, 6.45) is 8.66. The second-order valence-electron chi connectivity index (χ2n) is 7.56. The molecule has 1 fully saturated rings. The Morgan fingerprint density at radius 3 is 1.82 bits per heavy atom. The smallest absolute Gasteiger partial charge is 0.251 e. The van der Waals surface area contributed by atoms with Crippen LogP contribution in [0.25, 0.3) is 0 Å². The first-order valence-electron chi connectivity index (χ1n) is 10.6. The topological polar surface area (TPSA) is 87.3 Å². The highest BCUT2D eigenvalue weighted by atomic mass is 16.2. The van der Waals surface area contributed by atoms with Gasteiger partial charge in [-0.25, -0.2) is 0 Å². The molecule has 6 heteroatoms. The van der Waals surface area contributed by atoms with Gasteiger partial charge in [-0.2, -0.15) is 0 Å². The maximum Gasteiger partial charge on any atom is 0.251 e. The summed E-state index contributed by atoms with van der Waals surface area (Å²) in [5.41, 5.74) is 1.52. The Labute approximate surface area is 167 Å². The normalized spacial score (nSPS) is 13.9. The van der Waals surface area contributed by atoms with E-state index < -0.39 is 0 Å². The molecule has 1 aromatic rings. The average Bonchev–Trinajstić information content (AvgIpc) is 3.17. The number of hydrogen-bond donors (Lipinski definition) is 3. The minimum atomic E-state index is -0.166. The van der Waals surface area contributed by atoms with Gasteiger partial charge in [-0.1, -0.05) is 39.5 Å². The van der Waals surface area contributed by atoms with Gasteiger partial charge < -0.3 is 16.0 Å². The van der Waals surface area contributed by atoms with Crippen LogP contribution in [0, 0.1) is 0 Å². The molecule has 154 valence electrons. The Morgan fingerprint density at radius 2 is 1.36 bits per heavy atom. The van der Waals surface area contributed by atoms with Crippen LogP contribution in [0.15, 0.2) is 18.2 Å². The van der Waals surface area contributed by atoms with Gasteiger partial charge in [-0.15, -0.1) is 0 Å². The molecule has 1 saturated carbocycles. The number of nitrogens with one attached hydrogen (secondary N) is 3. The van der Waals surface area contributed by atoms with E-state index in [1.807, 2.05) is 13.8 Å². The van der Waals surface area contributed by atoms with Gasteiger partial charge in [0.1, 0.15) is 0 Å². The van der Waals surface area contributed by atoms with Crippen LogP contribution >= 0.6 is 0 Å². The van der Waals surface area contributed by atoms with E-state index in [-0.39, 0.29) is 23.8 Å². The summed E-state index contributed by atoms with van der Waals surface area (Å²) in [4.78, 5) is 36.9. The number of unbranched alkanes of at least 4 members (excludes halogenated alkanes) is 2. The molecule has 0 atom stereocenters. The lowest BCUT2D eigenvalue weighted by molar-refractivity contribution is -0.117. The predicted octanol–water partition coefficient (Wildman–Crippen LogP) is 4.62. The third-order valence-corrected chi connectivity index (χ3v) is 4.97. The fourth-order valence-electron chi connectivity index (χ4n) is 3.36. The summed E-state index contributed by atoms with van der Waals surface area (Å²) in [6, 6.07) is 5.27. The van der Waals surface area contributed by atoms with Crippen LogP contribution in [-0.4, -0.2) is 23.8 Å². The maximum absolute atomic E-state index is 12.7. The Hall–Kier alpha value is -2.37. The van der Waals surface area contributed by atoms with Gasteiger partial charge in [0.15, 0.2) is 0 Å². The Bertz CT molecular complexity index is 641. The molecule has 0 radical (unpaired) electrons. The van der Waals surface area contributed by atoms with Crippen LogP contribution in [0.1, 0.15) is 88.4 Å². The van der Waals surface area contributed by atoms with Gasteiger partial charge in [-0.05, 0) is 43.9 Å². The van der Waals surface area contributed by atoms with Crippen LogP contribution in [-0.2, 0) is 9.59 Å². The molecule has 6 nitrogen and oxygen atoms in total. The van der Waals surface area contributed by atoms with Gasteiger partial charge in [0.05, 0.1) is 0 Å². The zero-order valence-corrected chi connectivity index (χ0v) is 17.1. The highest BCUT2D eigenvalue weighted by Crippen LogP contribution is 2.22. The van der Waals surface area contributed by atoms with Crippen molar-refractivity contribution >= 4 is 29.1 Å². The van der Waals surface area contributed by atoms with Crippen molar-refractivity contribution in [2.75, 3.05) is 10.6 Å². The van der Waals surface area contributed by atoms with E-state index in [9.17, 15) is 14.4 Å². The number of hydrogen-bond acceptors (Lipinski definition) is 3. The number of carbonyl (C=O) groups excluding carboxylic acids is 3. The fraction of sp³-hybridized carbons (Fsp3) is 0.591. The molecule has 0 unspecified atom stereocenters. The molecule has 1 aliphatic carbocycles. The lowest BCUT2D eigenvalue weighted by Gasteiger charge is -2.15. The van der Waals surface area contributed by atoms with Crippen molar-refractivity contribution in [2.45, 2.75) is 84.1 Å². The number of rotatable bonds is 10. The lowest BCUT2D eigenvalue weighted by Crippen LogP contribution is -2.32. The highest BCUT2D eigenvalue weighted by Gasteiger charge is 2.19. The van der Waals surface area contributed by atoms with Gasteiger partial charge in [-0.3, -0.25) is 14.4 Å². The second kappa shape index (κ2) is 11.5. The van der Waals surface area contributed by atoms with Crippen molar-refractivity contribution in [3.63, 3.8) is 0 Å². The summed E-state index contributed by atoms with van der Waals surface area (Å²) in [5, 5.41) is 8.76. The van der Waals surface area contributed by atoms with E-state index in [1.54, 1.807) is 18.2 Å². The maximum atomic E-state index is 12.7. The van der Waals surface area contributed by atoms with E-state index in [4.69, 9.17) is 0 Å². The first kappa shape index (κ1) is 21.9. The molecule has 3 N–H and O–H groups in total. The number of benzene rings is 1. The van der Waals surface area contributed by atoms with Crippen LogP contribution in [0.2, 0.25) is 0 Å². The minimum absolute atomic E-state index is 0.0848. The molecule has 0 bridgehead atoms. The quantitative estimate of drug-likeness (QED) is 0.547. The van der Waals surface area contributed by atoms with E-state index in [1.165, 1.54) is 0 Å². The van der Waals surface area contributed by atoms with E-state index in [0.717, 1.165) is 51.4 Å². The average molecular weight is 388 g/mol. The van der Waals surface area contributed by atoms with Crippen molar-refractivity contribution in [3.05, 3.63) is 23.8 Å². The molecule has 1 aliphatic rings. The summed E-state index contributed by atoms with van der Waals surface area (Å²) in [7, 11) is 0. The molecule has 2 rings (SSSR count).